The molecule has 0 atom stereocenters. The molecular formula is C18H16FN3O3S2. The monoisotopic (exact) mass is 405 g/mol. The van der Waals surface area contributed by atoms with Gasteiger partial charge in [-0.15, -0.1) is 0 Å². The Bertz CT molecular complexity index is 1120. The van der Waals surface area contributed by atoms with Crippen molar-refractivity contribution in [1.29, 1.82) is 0 Å². The number of fused-ring (bicyclic) bond motifs is 1. The fourth-order valence-corrected chi connectivity index (χ4v) is 5.45. The number of nitrogens with zero attached hydrogens (tertiary/aromatic N) is 2. The van der Waals surface area contributed by atoms with E-state index in [0.717, 1.165) is 24.2 Å². The van der Waals surface area contributed by atoms with Crippen LogP contribution < -0.4 is 5.32 Å². The second-order valence-corrected chi connectivity index (χ2v) is 9.19. The Hall–Kier alpha value is -2.36. The number of benzene rings is 2. The molecule has 0 aliphatic carbocycles. The first-order valence-corrected chi connectivity index (χ1v) is 10.7. The third-order valence-corrected chi connectivity index (χ3v) is 7.20. The van der Waals surface area contributed by atoms with E-state index in [1.807, 2.05) is 0 Å². The molecule has 0 spiro atoms. The predicted molar refractivity (Wildman–Crippen MR) is 102 cm³/mol. The van der Waals surface area contributed by atoms with Crippen molar-refractivity contribution in [2.24, 2.45) is 0 Å². The highest BCUT2D eigenvalue weighted by atomic mass is 32.2. The number of hydrogen-bond acceptors (Lipinski definition) is 5. The van der Waals surface area contributed by atoms with Crippen molar-refractivity contribution in [3.8, 4) is 0 Å². The normalized spacial score (nSPS) is 15.3. The Morgan fingerprint density at radius 1 is 1.15 bits per heavy atom. The maximum absolute atomic E-state index is 13.3. The molecule has 27 heavy (non-hydrogen) atoms. The molecule has 2 aromatic carbocycles. The molecule has 3 aromatic rings. The molecule has 0 bridgehead atoms. The minimum atomic E-state index is -3.59. The SMILES string of the molecule is O=C(Nc1nc2ccc(F)cc2s1)c1cccc(S(=O)(=O)N2CCCC2)c1. The molecule has 1 fully saturated rings. The topological polar surface area (TPSA) is 79.4 Å². The summed E-state index contributed by atoms with van der Waals surface area (Å²) in [5.74, 6) is -0.836. The van der Waals surface area contributed by atoms with Crippen LogP contribution in [0.2, 0.25) is 0 Å². The Labute approximate surface area is 159 Å². The average molecular weight is 405 g/mol. The molecular weight excluding hydrogens is 389 g/mol. The lowest BCUT2D eigenvalue weighted by atomic mass is 10.2. The van der Waals surface area contributed by atoms with Crippen LogP contribution in [-0.2, 0) is 10.0 Å². The number of amides is 1. The van der Waals surface area contributed by atoms with Crippen LogP contribution in [0.25, 0.3) is 10.2 Å². The number of carbonyl (C=O) groups excluding carboxylic acids is 1. The number of hydrogen-bond donors (Lipinski definition) is 1. The first-order valence-electron chi connectivity index (χ1n) is 8.41. The summed E-state index contributed by atoms with van der Waals surface area (Å²) in [6, 6.07) is 10.2. The Morgan fingerprint density at radius 3 is 2.70 bits per heavy atom. The minimum absolute atomic E-state index is 0.100. The summed E-state index contributed by atoms with van der Waals surface area (Å²) in [5, 5.41) is 2.98. The van der Waals surface area contributed by atoms with Gasteiger partial charge in [-0.3, -0.25) is 10.1 Å². The zero-order valence-corrected chi connectivity index (χ0v) is 15.8. The van der Waals surface area contributed by atoms with E-state index in [4.69, 9.17) is 0 Å². The van der Waals surface area contributed by atoms with Crippen LogP contribution in [-0.4, -0.2) is 36.7 Å². The van der Waals surface area contributed by atoms with Gasteiger partial charge < -0.3 is 0 Å². The van der Waals surface area contributed by atoms with Crippen molar-refractivity contribution < 1.29 is 17.6 Å². The summed E-state index contributed by atoms with van der Waals surface area (Å²) in [6.45, 7) is 1.00. The zero-order chi connectivity index (χ0) is 19.0. The molecule has 1 N–H and O–H groups in total. The molecule has 140 valence electrons. The smallest absolute Gasteiger partial charge is 0.257 e. The van der Waals surface area contributed by atoms with Crippen LogP contribution in [0.5, 0.6) is 0 Å². The number of rotatable bonds is 4. The van der Waals surface area contributed by atoms with Crippen molar-refractivity contribution in [3.05, 3.63) is 53.8 Å². The van der Waals surface area contributed by atoms with E-state index in [-0.39, 0.29) is 16.3 Å². The highest BCUT2D eigenvalue weighted by Crippen LogP contribution is 2.27. The van der Waals surface area contributed by atoms with E-state index in [0.29, 0.717) is 28.4 Å². The van der Waals surface area contributed by atoms with Crippen LogP contribution in [0.1, 0.15) is 23.2 Å². The summed E-state index contributed by atoms with van der Waals surface area (Å²) >= 11 is 1.16. The van der Waals surface area contributed by atoms with Gasteiger partial charge in [0, 0.05) is 18.7 Å². The Morgan fingerprint density at radius 2 is 1.93 bits per heavy atom. The van der Waals surface area contributed by atoms with Crippen LogP contribution in [0.3, 0.4) is 0 Å². The van der Waals surface area contributed by atoms with Crippen LogP contribution in [0, 0.1) is 5.82 Å². The molecule has 0 saturated carbocycles. The lowest BCUT2D eigenvalue weighted by Crippen LogP contribution is -2.28. The van der Waals surface area contributed by atoms with Gasteiger partial charge in [0.15, 0.2) is 5.13 Å². The van der Waals surface area contributed by atoms with Gasteiger partial charge in [-0.1, -0.05) is 17.4 Å². The van der Waals surface area contributed by atoms with Gasteiger partial charge in [0.1, 0.15) is 5.82 Å². The van der Waals surface area contributed by atoms with Gasteiger partial charge >= 0.3 is 0 Å². The average Bonchev–Trinajstić information content (AvgIpc) is 3.31. The molecule has 1 saturated heterocycles. The number of halogens is 1. The fraction of sp³-hybridized carbons (Fsp3) is 0.222. The second-order valence-electron chi connectivity index (χ2n) is 6.22. The zero-order valence-electron chi connectivity index (χ0n) is 14.2. The summed E-state index contributed by atoms with van der Waals surface area (Å²) in [5.41, 5.74) is 0.808. The third-order valence-electron chi connectivity index (χ3n) is 4.37. The van der Waals surface area contributed by atoms with Crippen LogP contribution >= 0.6 is 11.3 Å². The molecule has 1 aliphatic rings. The second kappa shape index (κ2) is 6.99. The summed E-state index contributed by atoms with van der Waals surface area (Å²) < 4.78 is 40.7. The quantitative estimate of drug-likeness (QED) is 0.721. The fourth-order valence-electron chi connectivity index (χ4n) is 3.00. The van der Waals surface area contributed by atoms with E-state index in [9.17, 15) is 17.6 Å². The minimum Gasteiger partial charge on any atom is -0.298 e. The summed E-state index contributed by atoms with van der Waals surface area (Å²) in [4.78, 5) is 16.9. The van der Waals surface area contributed by atoms with Crippen LogP contribution in [0.4, 0.5) is 9.52 Å². The highest BCUT2D eigenvalue weighted by Gasteiger charge is 2.27. The number of sulfonamides is 1. The number of carbonyl (C=O) groups is 1. The van der Waals surface area contributed by atoms with Gasteiger partial charge in [-0.2, -0.15) is 4.31 Å². The van der Waals surface area contributed by atoms with Gasteiger partial charge in [0.05, 0.1) is 15.1 Å². The van der Waals surface area contributed by atoms with Crippen molar-refractivity contribution >= 4 is 42.6 Å². The van der Waals surface area contributed by atoms with Crippen molar-refractivity contribution in [1.82, 2.24) is 9.29 Å². The van der Waals surface area contributed by atoms with Crippen LogP contribution in [0.15, 0.2) is 47.4 Å². The van der Waals surface area contributed by atoms with E-state index >= 15 is 0 Å². The van der Waals surface area contributed by atoms with E-state index < -0.39 is 15.9 Å². The first-order chi connectivity index (χ1) is 12.9. The molecule has 1 aliphatic heterocycles. The number of aromatic nitrogens is 1. The third kappa shape index (κ3) is 3.58. The van der Waals surface area contributed by atoms with Gasteiger partial charge in [-0.05, 0) is 49.2 Å². The molecule has 0 unspecified atom stereocenters. The maximum Gasteiger partial charge on any atom is 0.257 e. The molecule has 0 radical (unpaired) electrons. The van der Waals surface area contributed by atoms with Crippen molar-refractivity contribution in [2.75, 3.05) is 18.4 Å². The summed E-state index contributed by atoms with van der Waals surface area (Å²) in [6.07, 6.45) is 1.69. The molecule has 6 nitrogen and oxygen atoms in total. The predicted octanol–water partition coefficient (Wildman–Crippen LogP) is 3.47. The summed E-state index contributed by atoms with van der Waals surface area (Å²) in [7, 11) is -3.59. The lowest BCUT2D eigenvalue weighted by molar-refractivity contribution is 0.102. The number of thiazole rings is 1. The standard InChI is InChI=1S/C18H16FN3O3S2/c19-13-6-7-15-16(11-13)26-18(20-15)21-17(23)12-4-3-5-14(10-12)27(24,25)22-8-1-2-9-22/h3-7,10-11H,1-2,8-9H2,(H,20,21,23). The molecule has 2 heterocycles. The first kappa shape index (κ1) is 18.0. The highest BCUT2D eigenvalue weighted by molar-refractivity contribution is 7.89. The molecule has 4 rings (SSSR count). The van der Waals surface area contributed by atoms with E-state index in [1.54, 1.807) is 18.2 Å². The number of anilines is 1. The van der Waals surface area contributed by atoms with E-state index in [2.05, 4.69) is 10.3 Å². The Balaban J connectivity index is 1.58. The van der Waals surface area contributed by atoms with Crippen molar-refractivity contribution in [3.63, 3.8) is 0 Å². The number of nitrogens with one attached hydrogen (secondary N) is 1. The molecule has 9 heteroatoms. The molecule has 1 aromatic heterocycles. The van der Waals surface area contributed by atoms with Crippen molar-refractivity contribution in [2.45, 2.75) is 17.7 Å². The van der Waals surface area contributed by atoms with E-state index in [1.165, 1.54) is 28.6 Å². The lowest BCUT2D eigenvalue weighted by Gasteiger charge is -2.15. The molecule has 1 amide bonds. The Kier molecular flexibility index (Phi) is 4.67. The largest absolute Gasteiger partial charge is 0.298 e. The maximum atomic E-state index is 13.3. The van der Waals surface area contributed by atoms with Gasteiger partial charge in [0.25, 0.3) is 5.91 Å². The van der Waals surface area contributed by atoms with Gasteiger partial charge in [0.2, 0.25) is 10.0 Å². The van der Waals surface area contributed by atoms with Gasteiger partial charge in [-0.25, -0.2) is 17.8 Å².